The highest BCUT2D eigenvalue weighted by Crippen LogP contribution is 2.32. The molecule has 1 aromatic heterocycles. The number of aryl methyl sites for hydroxylation is 1. The van der Waals surface area contributed by atoms with Crippen molar-refractivity contribution in [2.75, 3.05) is 14.2 Å². The van der Waals surface area contributed by atoms with Gasteiger partial charge in [0.15, 0.2) is 0 Å². The first-order chi connectivity index (χ1) is 9.15. The van der Waals surface area contributed by atoms with Gasteiger partial charge in [-0.05, 0) is 12.1 Å². The molecule has 19 heavy (non-hydrogen) atoms. The zero-order chi connectivity index (χ0) is 13.8. The summed E-state index contributed by atoms with van der Waals surface area (Å²) in [6, 6.07) is 5.49. The smallest absolute Gasteiger partial charge is 0.303 e. The van der Waals surface area contributed by atoms with Crippen LogP contribution in [0, 0.1) is 0 Å². The predicted octanol–water partition coefficient (Wildman–Crippen LogP) is 2.27. The van der Waals surface area contributed by atoms with Crippen LogP contribution in [0.2, 0.25) is 0 Å². The second-order valence-electron chi connectivity index (χ2n) is 4.08. The Kier molecular flexibility index (Phi) is 3.85. The molecule has 0 amide bonds. The van der Waals surface area contributed by atoms with Gasteiger partial charge in [-0.3, -0.25) is 9.78 Å². The molecule has 0 saturated carbocycles. The topological polar surface area (TPSA) is 68.7 Å². The fraction of sp³-hybridized carbons (Fsp3) is 0.286. The first-order valence-corrected chi connectivity index (χ1v) is 5.87. The molecule has 1 aromatic carbocycles. The second kappa shape index (κ2) is 5.56. The van der Waals surface area contributed by atoms with Crippen LogP contribution in [0.4, 0.5) is 0 Å². The number of carboxylic acids is 1. The molecule has 5 nitrogen and oxygen atoms in total. The van der Waals surface area contributed by atoms with Gasteiger partial charge < -0.3 is 14.6 Å². The lowest BCUT2D eigenvalue weighted by atomic mass is 10.1. The molecule has 100 valence electrons. The Morgan fingerprint density at radius 1 is 1.26 bits per heavy atom. The normalized spacial score (nSPS) is 10.4. The summed E-state index contributed by atoms with van der Waals surface area (Å²) in [4.78, 5) is 14.9. The maximum atomic E-state index is 10.7. The van der Waals surface area contributed by atoms with Crippen molar-refractivity contribution in [2.24, 2.45) is 0 Å². The molecular weight excluding hydrogens is 246 g/mol. The Bertz CT molecular complexity index is 610. The predicted molar refractivity (Wildman–Crippen MR) is 70.8 cm³/mol. The van der Waals surface area contributed by atoms with Crippen molar-refractivity contribution >= 4 is 16.7 Å². The Balaban J connectivity index is 2.55. The Morgan fingerprint density at radius 2 is 2.05 bits per heavy atom. The summed E-state index contributed by atoms with van der Waals surface area (Å²) in [6.07, 6.45) is 2.09. The summed E-state index contributed by atoms with van der Waals surface area (Å²) < 4.78 is 10.5. The first kappa shape index (κ1) is 13.1. The minimum atomic E-state index is -0.839. The number of rotatable bonds is 5. The maximum Gasteiger partial charge on any atom is 0.303 e. The van der Waals surface area contributed by atoms with Gasteiger partial charge in [-0.25, -0.2) is 0 Å². The first-order valence-electron chi connectivity index (χ1n) is 5.87. The molecule has 0 aliphatic rings. The monoisotopic (exact) mass is 261 g/mol. The minimum absolute atomic E-state index is 0.0473. The van der Waals surface area contributed by atoms with Gasteiger partial charge in [0.1, 0.15) is 11.5 Å². The quantitative estimate of drug-likeness (QED) is 0.894. The van der Waals surface area contributed by atoms with Crippen LogP contribution in [0.3, 0.4) is 0 Å². The molecule has 2 rings (SSSR count). The van der Waals surface area contributed by atoms with Crippen LogP contribution < -0.4 is 9.47 Å². The van der Waals surface area contributed by atoms with E-state index in [4.69, 9.17) is 14.6 Å². The average Bonchev–Trinajstić information content (AvgIpc) is 2.43. The van der Waals surface area contributed by atoms with Crippen LogP contribution >= 0.6 is 0 Å². The summed E-state index contributed by atoms with van der Waals surface area (Å²) in [6.45, 7) is 0. The van der Waals surface area contributed by atoms with E-state index in [9.17, 15) is 4.79 Å². The van der Waals surface area contributed by atoms with Crippen molar-refractivity contribution in [1.82, 2.24) is 4.98 Å². The van der Waals surface area contributed by atoms with Crippen LogP contribution in [0.15, 0.2) is 24.4 Å². The molecule has 1 N–H and O–H groups in total. The average molecular weight is 261 g/mol. The number of aliphatic carboxylic acids is 1. The zero-order valence-corrected chi connectivity index (χ0v) is 10.8. The van der Waals surface area contributed by atoms with Crippen molar-refractivity contribution in [2.45, 2.75) is 12.8 Å². The third-order valence-electron chi connectivity index (χ3n) is 2.93. The number of aromatic nitrogens is 1. The molecular formula is C14H15NO4. The molecule has 2 aromatic rings. The number of ether oxygens (including phenoxy) is 2. The van der Waals surface area contributed by atoms with Gasteiger partial charge in [0.2, 0.25) is 0 Å². The van der Waals surface area contributed by atoms with Gasteiger partial charge in [-0.15, -0.1) is 0 Å². The van der Waals surface area contributed by atoms with Gasteiger partial charge in [0.25, 0.3) is 0 Å². The van der Waals surface area contributed by atoms with Gasteiger partial charge in [0.05, 0.1) is 20.6 Å². The third kappa shape index (κ3) is 2.76. The Morgan fingerprint density at radius 3 is 2.68 bits per heavy atom. The summed E-state index contributed by atoms with van der Waals surface area (Å²) in [5.41, 5.74) is 0.733. The highest BCUT2D eigenvalue weighted by molar-refractivity contribution is 5.91. The number of hydrogen-bond donors (Lipinski definition) is 1. The maximum absolute atomic E-state index is 10.7. The zero-order valence-electron chi connectivity index (χ0n) is 10.8. The van der Waals surface area contributed by atoms with Crippen LogP contribution in [0.1, 0.15) is 12.1 Å². The van der Waals surface area contributed by atoms with Crippen molar-refractivity contribution in [3.05, 3.63) is 30.1 Å². The highest BCUT2D eigenvalue weighted by Gasteiger charge is 2.10. The number of pyridine rings is 1. The third-order valence-corrected chi connectivity index (χ3v) is 2.93. The molecule has 1 heterocycles. The van der Waals surface area contributed by atoms with E-state index in [0.29, 0.717) is 17.9 Å². The summed E-state index contributed by atoms with van der Waals surface area (Å²) in [5, 5.41) is 10.5. The van der Waals surface area contributed by atoms with Crippen LogP contribution in [0.25, 0.3) is 10.8 Å². The van der Waals surface area contributed by atoms with Gasteiger partial charge in [-0.1, -0.05) is 0 Å². The molecule has 0 aliphatic heterocycles. The number of methoxy groups -OCH3 is 2. The van der Waals surface area contributed by atoms with Crippen molar-refractivity contribution < 1.29 is 19.4 Å². The minimum Gasteiger partial charge on any atom is -0.497 e. The standard InChI is InChI=1S/C14H15NO4/c1-18-9-7-11-10(13(8-9)19-2)5-6-15-12(11)3-4-14(16)17/h5-8H,3-4H2,1-2H3,(H,16,17). The lowest BCUT2D eigenvalue weighted by molar-refractivity contribution is -0.136. The molecule has 0 fully saturated rings. The molecule has 0 atom stereocenters. The van der Waals surface area contributed by atoms with E-state index in [-0.39, 0.29) is 6.42 Å². The van der Waals surface area contributed by atoms with Crippen LogP contribution in [0.5, 0.6) is 11.5 Å². The van der Waals surface area contributed by atoms with E-state index >= 15 is 0 Å². The summed E-state index contributed by atoms with van der Waals surface area (Å²) in [5.74, 6) is 0.510. The second-order valence-corrected chi connectivity index (χ2v) is 4.08. The summed E-state index contributed by atoms with van der Waals surface area (Å²) in [7, 11) is 3.17. The Hall–Kier alpha value is -2.30. The summed E-state index contributed by atoms with van der Waals surface area (Å²) >= 11 is 0. The van der Waals surface area contributed by atoms with E-state index in [1.807, 2.05) is 12.1 Å². The van der Waals surface area contributed by atoms with Crippen LogP contribution in [-0.2, 0) is 11.2 Å². The van der Waals surface area contributed by atoms with E-state index in [0.717, 1.165) is 16.5 Å². The van der Waals surface area contributed by atoms with E-state index in [1.165, 1.54) is 0 Å². The number of hydrogen-bond acceptors (Lipinski definition) is 4. The largest absolute Gasteiger partial charge is 0.497 e. The van der Waals surface area contributed by atoms with Gasteiger partial charge in [-0.2, -0.15) is 0 Å². The van der Waals surface area contributed by atoms with E-state index in [2.05, 4.69) is 4.98 Å². The van der Waals surface area contributed by atoms with Gasteiger partial charge >= 0.3 is 5.97 Å². The van der Waals surface area contributed by atoms with Crippen molar-refractivity contribution in [3.63, 3.8) is 0 Å². The molecule has 0 aliphatic carbocycles. The highest BCUT2D eigenvalue weighted by atomic mass is 16.5. The van der Waals surface area contributed by atoms with Crippen molar-refractivity contribution in [1.29, 1.82) is 0 Å². The molecule has 0 radical (unpaired) electrons. The van der Waals surface area contributed by atoms with E-state index in [1.54, 1.807) is 26.5 Å². The molecule has 0 unspecified atom stereocenters. The van der Waals surface area contributed by atoms with Gasteiger partial charge in [0, 0.05) is 35.2 Å². The molecule has 0 bridgehead atoms. The number of nitrogens with zero attached hydrogens (tertiary/aromatic N) is 1. The number of carboxylic acid groups (broad SMARTS) is 1. The number of fused-ring (bicyclic) bond motifs is 1. The fourth-order valence-corrected chi connectivity index (χ4v) is 1.99. The lowest BCUT2D eigenvalue weighted by Gasteiger charge is -2.11. The van der Waals surface area contributed by atoms with Crippen molar-refractivity contribution in [3.8, 4) is 11.5 Å². The van der Waals surface area contributed by atoms with Crippen LogP contribution in [-0.4, -0.2) is 30.3 Å². The molecule has 0 spiro atoms. The molecule has 5 heteroatoms. The number of carbonyl (C=O) groups is 1. The SMILES string of the molecule is COc1cc(OC)c2ccnc(CCC(=O)O)c2c1. The number of benzene rings is 1. The fourth-order valence-electron chi connectivity index (χ4n) is 1.99. The van der Waals surface area contributed by atoms with E-state index < -0.39 is 5.97 Å². The Labute approximate surface area is 110 Å². The lowest BCUT2D eigenvalue weighted by Crippen LogP contribution is -2.00. The molecule has 0 saturated heterocycles.